The zero-order chi connectivity index (χ0) is 12.4. The quantitative estimate of drug-likeness (QED) is 0.615. The molecule has 1 N–H and O–H groups in total. The van der Waals surface area contributed by atoms with Crippen LogP contribution in [0.15, 0.2) is 0 Å². The molecular weight excluding hydrogens is 214 g/mol. The summed E-state index contributed by atoms with van der Waals surface area (Å²) in [5, 5.41) is 3.65. The predicted molar refractivity (Wildman–Crippen MR) is 78.4 cm³/mol. The third-order valence-electron chi connectivity index (χ3n) is 3.53. The molecule has 0 aromatic rings. The topological polar surface area (TPSA) is 12.0 Å². The van der Waals surface area contributed by atoms with Crippen LogP contribution < -0.4 is 5.32 Å². The molecule has 0 amide bonds. The van der Waals surface area contributed by atoms with Crippen LogP contribution in [0.2, 0.25) is 0 Å². The molecule has 0 spiro atoms. The highest BCUT2D eigenvalue weighted by Gasteiger charge is 2.26. The fourth-order valence-corrected chi connectivity index (χ4v) is 2.71. The number of hydrogen-bond donors (Lipinski definition) is 1. The summed E-state index contributed by atoms with van der Waals surface area (Å²) in [6.45, 7) is 10.3. The Balaban J connectivity index is 4.27. The maximum absolute atomic E-state index is 3.65. The van der Waals surface area contributed by atoms with Gasteiger partial charge < -0.3 is 5.32 Å². The van der Waals surface area contributed by atoms with Crippen molar-refractivity contribution in [3.8, 4) is 0 Å². The molecule has 0 aromatic carbocycles. The van der Waals surface area contributed by atoms with Crippen molar-refractivity contribution >= 4 is 11.8 Å². The van der Waals surface area contributed by atoms with Crippen LogP contribution >= 0.6 is 11.8 Å². The lowest BCUT2D eigenvalue weighted by atomic mass is 9.77. The van der Waals surface area contributed by atoms with Gasteiger partial charge in [-0.1, -0.05) is 40.5 Å². The first kappa shape index (κ1) is 16.3. The molecule has 0 fully saturated rings. The summed E-state index contributed by atoms with van der Waals surface area (Å²) < 4.78 is 0. The van der Waals surface area contributed by atoms with Crippen LogP contribution in [0.1, 0.15) is 59.8 Å². The van der Waals surface area contributed by atoms with Crippen molar-refractivity contribution < 1.29 is 0 Å². The Morgan fingerprint density at radius 1 is 1.19 bits per heavy atom. The molecule has 0 heterocycles. The number of hydrogen-bond acceptors (Lipinski definition) is 2. The Morgan fingerprint density at radius 2 is 1.88 bits per heavy atom. The van der Waals surface area contributed by atoms with Crippen molar-refractivity contribution in [1.29, 1.82) is 0 Å². The summed E-state index contributed by atoms with van der Waals surface area (Å²) in [5.41, 5.74) is 0.545. The average molecular weight is 245 g/mol. The third kappa shape index (κ3) is 6.80. The SMILES string of the molecule is CCCCC(CC)(CCSC)CNC(C)C. The molecule has 0 aliphatic rings. The monoisotopic (exact) mass is 245 g/mol. The zero-order valence-electron chi connectivity index (χ0n) is 11.9. The zero-order valence-corrected chi connectivity index (χ0v) is 12.8. The van der Waals surface area contributed by atoms with E-state index in [0.717, 1.165) is 0 Å². The lowest BCUT2D eigenvalue weighted by Crippen LogP contribution is -2.37. The first-order chi connectivity index (χ1) is 7.60. The van der Waals surface area contributed by atoms with Crippen LogP contribution in [0.5, 0.6) is 0 Å². The summed E-state index contributed by atoms with van der Waals surface area (Å²) in [6.07, 6.45) is 8.98. The van der Waals surface area contributed by atoms with Gasteiger partial charge in [-0.2, -0.15) is 11.8 Å². The van der Waals surface area contributed by atoms with Crippen LogP contribution in [0, 0.1) is 5.41 Å². The van der Waals surface area contributed by atoms with Gasteiger partial charge in [0.05, 0.1) is 0 Å². The van der Waals surface area contributed by atoms with E-state index in [0.29, 0.717) is 11.5 Å². The fourth-order valence-electron chi connectivity index (χ4n) is 2.07. The standard InChI is InChI=1S/C14H31NS/c1-6-8-9-14(7-2,10-11-16-5)12-15-13(3)4/h13,15H,6-12H2,1-5H3. The van der Waals surface area contributed by atoms with Gasteiger partial charge in [-0.15, -0.1) is 0 Å². The van der Waals surface area contributed by atoms with Gasteiger partial charge in [0.15, 0.2) is 0 Å². The number of nitrogens with one attached hydrogen (secondary N) is 1. The van der Waals surface area contributed by atoms with Crippen LogP contribution in [0.4, 0.5) is 0 Å². The van der Waals surface area contributed by atoms with E-state index < -0.39 is 0 Å². The Bertz CT molecular complexity index is 149. The summed E-state index contributed by atoms with van der Waals surface area (Å²) >= 11 is 1.98. The molecule has 2 heteroatoms. The van der Waals surface area contributed by atoms with E-state index in [1.54, 1.807) is 0 Å². The normalized spacial score (nSPS) is 15.4. The minimum Gasteiger partial charge on any atom is -0.314 e. The molecular formula is C14H31NS. The summed E-state index contributed by atoms with van der Waals surface area (Å²) in [5.74, 6) is 1.30. The van der Waals surface area contributed by atoms with E-state index in [-0.39, 0.29) is 0 Å². The molecule has 98 valence electrons. The average Bonchev–Trinajstić information content (AvgIpc) is 2.29. The van der Waals surface area contributed by atoms with Crippen LogP contribution in [0.25, 0.3) is 0 Å². The molecule has 0 aliphatic carbocycles. The van der Waals surface area contributed by atoms with E-state index >= 15 is 0 Å². The minimum atomic E-state index is 0.545. The smallest absolute Gasteiger partial charge is 0.00106 e. The van der Waals surface area contributed by atoms with Gasteiger partial charge in [0.25, 0.3) is 0 Å². The fraction of sp³-hybridized carbons (Fsp3) is 1.00. The van der Waals surface area contributed by atoms with E-state index in [4.69, 9.17) is 0 Å². The highest BCUT2D eigenvalue weighted by Crippen LogP contribution is 2.33. The van der Waals surface area contributed by atoms with Crippen molar-refractivity contribution in [3.05, 3.63) is 0 Å². The molecule has 0 rings (SSSR count). The van der Waals surface area contributed by atoms with Crippen LogP contribution in [-0.4, -0.2) is 24.6 Å². The largest absolute Gasteiger partial charge is 0.314 e. The Labute approximate surface area is 107 Å². The molecule has 16 heavy (non-hydrogen) atoms. The molecule has 0 aromatic heterocycles. The van der Waals surface area contributed by atoms with E-state index in [2.05, 4.69) is 39.3 Å². The van der Waals surface area contributed by atoms with Crippen molar-refractivity contribution in [2.75, 3.05) is 18.6 Å². The highest BCUT2D eigenvalue weighted by molar-refractivity contribution is 7.98. The number of thioether (sulfide) groups is 1. The van der Waals surface area contributed by atoms with Crippen molar-refractivity contribution in [1.82, 2.24) is 5.32 Å². The van der Waals surface area contributed by atoms with Crippen molar-refractivity contribution in [3.63, 3.8) is 0 Å². The van der Waals surface area contributed by atoms with Gasteiger partial charge in [0, 0.05) is 12.6 Å². The van der Waals surface area contributed by atoms with E-state index in [9.17, 15) is 0 Å². The molecule has 1 nitrogen and oxygen atoms in total. The maximum atomic E-state index is 3.65. The minimum absolute atomic E-state index is 0.545. The van der Waals surface area contributed by atoms with Crippen LogP contribution in [-0.2, 0) is 0 Å². The lowest BCUT2D eigenvalue weighted by Gasteiger charge is -2.34. The van der Waals surface area contributed by atoms with Gasteiger partial charge in [0.1, 0.15) is 0 Å². The molecule has 0 aliphatic heterocycles. The molecule has 0 saturated heterocycles. The van der Waals surface area contributed by atoms with Crippen molar-refractivity contribution in [2.24, 2.45) is 5.41 Å². The molecule has 0 radical (unpaired) electrons. The second-order valence-electron chi connectivity index (χ2n) is 5.24. The van der Waals surface area contributed by atoms with E-state index in [1.807, 2.05) is 11.8 Å². The third-order valence-corrected chi connectivity index (χ3v) is 4.14. The van der Waals surface area contributed by atoms with Gasteiger partial charge in [-0.05, 0) is 36.7 Å². The summed E-state index contributed by atoms with van der Waals surface area (Å²) in [7, 11) is 0. The molecule has 0 bridgehead atoms. The Hall–Kier alpha value is 0.310. The molecule has 1 unspecified atom stereocenters. The Morgan fingerprint density at radius 3 is 2.31 bits per heavy atom. The summed E-state index contributed by atoms with van der Waals surface area (Å²) in [4.78, 5) is 0. The van der Waals surface area contributed by atoms with Gasteiger partial charge in [-0.25, -0.2) is 0 Å². The number of unbranched alkanes of at least 4 members (excludes halogenated alkanes) is 1. The van der Waals surface area contributed by atoms with Gasteiger partial charge in [0.2, 0.25) is 0 Å². The summed E-state index contributed by atoms with van der Waals surface area (Å²) in [6, 6.07) is 0.613. The highest BCUT2D eigenvalue weighted by atomic mass is 32.2. The Kier molecular flexibility index (Phi) is 9.53. The lowest BCUT2D eigenvalue weighted by molar-refractivity contribution is 0.218. The van der Waals surface area contributed by atoms with E-state index in [1.165, 1.54) is 44.4 Å². The second kappa shape index (κ2) is 9.35. The molecule has 0 saturated carbocycles. The maximum Gasteiger partial charge on any atom is 0.00106 e. The first-order valence-corrected chi connectivity index (χ1v) is 8.22. The number of rotatable bonds is 10. The van der Waals surface area contributed by atoms with Gasteiger partial charge in [-0.3, -0.25) is 0 Å². The second-order valence-corrected chi connectivity index (χ2v) is 6.22. The predicted octanol–water partition coefficient (Wildman–Crippen LogP) is 4.32. The van der Waals surface area contributed by atoms with Gasteiger partial charge >= 0.3 is 0 Å². The molecule has 1 atom stereocenters. The first-order valence-electron chi connectivity index (χ1n) is 6.82. The van der Waals surface area contributed by atoms with Crippen molar-refractivity contribution in [2.45, 2.75) is 65.8 Å². The van der Waals surface area contributed by atoms with Crippen LogP contribution in [0.3, 0.4) is 0 Å².